The Morgan fingerprint density at radius 2 is 2.24 bits per heavy atom. The second-order valence-electron chi connectivity index (χ2n) is 3.78. The Labute approximate surface area is 110 Å². The van der Waals surface area contributed by atoms with E-state index >= 15 is 0 Å². The van der Waals surface area contributed by atoms with E-state index in [1.54, 1.807) is 11.8 Å². The molecule has 0 saturated carbocycles. The lowest BCUT2D eigenvalue weighted by molar-refractivity contribution is 0.760. The molecule has 0 amide bonds. The van der Waals surface area contributed by atoms with Gasteiger partial charge < -0.3 is 4.57 Å². The average Bonchev–Trinajstić information content (AvgIpc) is 2.67. The van der Waals surface area contributed by atoms with Crippen molar-refractivity contribution in [3.63, 3.8) is 0 Å². The molecular formula is C12H14ClN3S. The molecular weight excluding hydrogens is 254 g/mol. The van der Waals surface area contributed by atoms with Gasteiger partial charge in [-0.25, -0.2) is 4.98 Å². The number of pyridine rings is 1. The highest BCUT2D eigenvalue weighted by atomic mass is 35.5. The summed E-state index contributed by atoms with van der Waals surface area (Å²) in [7, 11) is 1.98. The lowest BCUT2D eigenvalue weighted by Crippen LogP contribution is -1.96. The van der Waals surface area contributed by atoms with Crippen molar-refractivity contribution in [1.82, 2.24) is 14.5 Å². The minimum Gasteiger partial charge on any atom is -0.325 e. The number of hydrogen-bond donors (Lipinski definition) is 0. The minimum absolute atomic E-state index is 0.493. The first-order chi connectivity index (χ1) is 8.20. The molecule has 0 atom stereocenters. The Hall–Kier alpha value is -1.00. The van der Waals surface area contributed by atoms with E-state index in [0.717, 1.165) is 28.0 Å². The van der Waals surface area contributed by atoms with Gasteiger partial charge in [-0.15, -0.1) is 11.6 Å². The van der Waals surface area contributed by atoms with Gasteiger partial charge in [0.2, 0.25) is 0 Å². The van der Waals surface area contributed by atoms with E-state index in [2.05, 4.69) is 9.97 Å². The zero-order valence-corrected chi connectivity index (χ0v) is 11.4. The SMILES string of the molecule is Cc1cccc(CSc2ncc(CCl)n2C)n1. The highest BCUT2D eigenvalue weighted by molar-refractivity contribution is 7.98. The maximum atomic E-state index is 5.80. The van der Waals surface area contributed by atoms with Crippen LogP contribution in [0.4, 0.5) is 0 Å². The second-order valence-corrected chi connectivity index (χ2v) is 4.99. The largest absolute Gasteiger partial charge is 0.325 e. The second kappa shape index (κ2) is 5.56. The molecule has 17 heavy (non-hydrogen) atoms. The van der Waals surface area contributed by atoms with Crippen LogP contribution >= 0.6 is 23.4 Å². The summed E-state index contributed by atoms with van der Waals surface area (Å²) in [6, 6.07) is 6.06. The van der Waals surface area contributed by atoms with Gasteiger partial charge in [-0.05, 0) is 19.1 Å². The van der Waals surface area contributed by atoms with Crippen molar-refractivity contribution in [3.8, 4) is 0 Å². The summed E-state index contributed by atoms with van der Waals surface area (Å²) in [5.41, 5.74) is 3.15. The lowest BCUT2D eigenvalue weighted by atomic mass is 10.3. The Kier molecular flexibility index (Phi) is 4.07. The van der Waals surface area contributed by atoms with Gasteiger partial charge in [0.05, 0.1) is 23.5 Å². The number of alkyl halides is 1. The molecule has 2 aromatic heterocycles. The first kappa shape index (κ1) is 12.5. The summed E-state index contributed by atoms with van der Waals surface area (Å²) in [5.74, 6) is 1.32. The topological polar surface area (TPSA) is 30.7 Å². The number of hydrogen-bond acceptors (Lipinski definition) is 3. The van der Waals surface area contributed by atoms with Gasteiger partial charge in [0.15, 0.2) is 5.16 Å². The van der Waals surface area contributed by atoms with Crippen LogP contribution in [0.2, 0.25) is 0 Å². The number of rotatable bonds is 4. The van der Waals surface area contributed by atoms with Crippen LogP contribution < -0.4 is 0 Å². The van der Waals surface area contributed by atoms with Crippen LogP contribution in [0.1, 0.15) is 17.1 Å². The van der Waals surface area contributed by atoms with Crippen LogP contribution in [0.3, 0.4) is 0 Å². The van der Waals surface area contributed by atoms with E-state index in [0.29, 0.717) is 5.88 Å². The minimum atomic E-state index is 0.493. The van der Waals surface area contributed by atoms with Gasteiger partial charge in [-0.3, -0.25) is 4.98 Å². The number of nitrogens with zero attached hydrogens (tertiary/aromatic N) is 3. The van der Waals surface area contributed by atoms with Crippen LogP contribution in [0.15, 0.2) is 29.6 Å². The van der Waals surface area contributed by atoms with Gasteiger partial charge in [-0.1, -0.05) is 17.8 Å². The van der Waals surface area contributed by atoms with Gasteiger partial charge in [0.1, 0.15) is 0 Å². The third-order valence-electron chi connectivity index (χ3n) is 2.47. The molecule has 3 nitrogen and oxygen atoms in total. The Morgan fingerprint density at radius 3 is 2.88 bits per heavy atom. The van der Waals surface area contributed by atoms with Gasteiger partial charge in [0, 0.05) is 18.5 Å². The summed E-state index contributed by atoms with van der Waals surface area (Å²) >= 11 is 7.48. The van der Waals surface area contributed by atoms with E-state index in [1.165, 1.54) is 0 Å². The zero-order chi connectivity index (χ0) is 12.3. The number of aryl methyl sites for hydroxylation is 1. The fourth-order valence-corrected chi connectivity index (χ4v) is 2.63. The van der Waals surface area contributed by atoms with Crippen molar-refractivity contribution in [2.24, 2.45) is 7.05 Å². The predicted octanol–water partition coefficient (Wildman–Crippen LogP) is 3.15. The molecule has 0 aromatic carbocycles. The van der Waals surface area contributed by atoms with Crippen molar-refractivity contribution >= 4 is 23.4 Å². The molecule has 0 spiro atoms. The molecule has 0 saturated heterocycles. The number of aromatic nitrogens is 3. The first-order valence-electron chi connectivity index (χ1n) is 5.32. The van der Waals surface area contributed by atoms with Crippen LogP contribution in [0.5, 0.6) is 0 Å². The molecule has 0 aliphatic carbocycles. The molecule has 2 rings (SSSR count). The van der Waals surface area contributed by atoms with E-state index in [-0.39, 0.29) is 0 Å². The smallest absolute Gasteiger partial charge is 0.168 e. The molecule has 2 aromatic rings. The molecule has 5 heteroatoms. The Balaban J connectivity index is 2.05. The standard InChI is InChI=1S/C12H14ClN3S/c1-9-4-3-5-10(15-9)8-17-12-14-7-11(6-13)16(12)2/h3-5,7H,6,8H2,1-2H3. The highest BCUT2D eigenvalue weighted by Gasteiger charge is 2.06. The van der Waals surface area contributed by atoms with E-state index in [1.807, 2.05) is 42.9 Å². The zero-order valence-electron chi connectivity index (χ0n) is 9.85. The van der Waals surface area contributed by atoms with Crippen molar-refractivity contribution in [3.05, 3.63) is 41.5 Å². The van der Waals surface area contributed by atoms with Crippen LogP contribution in [-0.4, -0.2) is 14.5 Å². The number of imidazole rings is 1. The summed E-state index contributed by atoms with van der Waals surface area (Å²) in [6.07, 6.45) is 1.82. The molecule has 90 valence electrons. The lowest BCUT2D eigenvalue weighted by Gasteiger charge is -2.04. The van der Waals surface area contributed by atoms with Crippen LogP contribution in [0, 0.1) is 6.92 Å². The molecule has 0 unspecified atom stereocenters. The van der Waals surface area contributed by atoms with E-state index < -0.39 is 0 Å². The summed E-state index contributed by atoms with van der Waals surface area (Å²) in [6.45, 7) is 2.00. The summed E-state index contributed by atoms with van der Waals surface area (Å²) < 4.78 is 2.02. The van der Waals surface area contributed by atoms with Crippen molar-refractivity contribution in [2.75, 3.05) is 0 Å². The van der Waals surface area contributed by atoms with E-state index in [4.69, 9.17) is 11.6 Å². The van der Waals surface area contributed by atoms with Crippen LogP contribution in [0.25, 0.3) is 0 Å². The predicted molar refractivity (Wildman–Crippen MR) is 71.3 cm³/mol. The summed E-state index contributed by atoms with van der Waals surface area (Å²) in [5, 5.41) is 0.976. The van der Waals surface area contributed by atoms with E-state index in [9.17, 15) is 0 Å². The molecule has 0 radical (unpaired) electrons. The monoisotopic (exact) mass is 267 g/mol. The quantitative estimate of drug-likeness (QED) is 0.630. The Bertz CT molecular complexity index is 510. The maximum absolute atomic E-state index is 5.80. The molecule has 0 fully saturated rings. The number of halogens is 1. The third kappa shape index (κ3) is 3.01. The first-order valence-corrected chi connectivity index (χ1v) is 6.84. The average molecular weight is 268 g/mol. The number of thioether (sulfide) groups is 1. The van der Waals surface area contributed by atoms with Crippen molar-refractivity contribution in [2.45, 2.75) is 23.7 Å². The van der Waals surface area contributed by atoms with Crippen LogP contribution in [-0.2, 0) is 18.7 Å². The van der Waals surface area contributed by atoms with Crippen molar-refractivity contribution in [1.29, 1.82) is 0 Å². The molecule has 0 aliphatic heterocycles. The fourth-order valence-electron chi connectivity index (χ4n) is 1.50. The molecule has 2 heterocycles. The van der Waals surface area contributed by atoms with Gasteiger partial charge >= 0.3 is 0 Å². The van der Waals surface area contributed by atoms with Gasteiger partial charge in [0.25, 0.3) is 0 Å². The molecule has 0 aliphatic rings. The fraction of sp³-hybridized carbons (Fsp3) is 0.333. The van der Waals surface area contributed by atoms with Gasteiger partial charge in [-0.2, -0.15) is 0 Å². The Morgan fingerprint density at radius 1 is 1.41 bits per heavy atom. The molecule has 0 bridgehead atoms. The normalized spacial score (nSPS) is 10.8. The van der Waals surface area contributed by atoms with Crippen molar-refractivity contribution < 1.29 is 0 Å². The molecule has 0 N–H and O–H groups in total. The third-order valence-corrected chi connectivity index (χ3v) is 3.83. The highest BCUT2D eigenvalue weighted by Crippen LogP contribution is 2.21. The maximum Gasteiger partial charge on any atom is 0.168 e. The summed E-state index contributed by atoms with van der Waals surface area (Å²) in [4.78, 5) is 8.80.